The molecule has 0 saturated carbocycles. The monoisotopic (exact) mass is 358 g/mol. The van der Waals surface area contributed by atoms with Crippen LogP contribution in [0, 0.1) is 5.92 Å². The third-order valence-corrected chi connectivity index (χ3v) is 4.67. The molecule has 0 bridgehead atoms. The first-order valence-corrected chi connectivity index (χ1v) is 9.15. The van der Waals surface area contributed by atoms with E-state index in [4.69, 9.17) is 14.0 Å². The predicted octanol–water partition coefficient (Wildman–Crippen LogP) is 3.17. The van der Waals surface area contributed by atoms with Gasteiger partial charge in [0, 0.05) is 31.3 Å². The SMILES string of the molecule is CCOCC1CCCN(C(=O)Cc2cc(-c3cccc(OC)c3)on2)C1. The zero-order chi connectivity index (χ0) is 18.4. The summed E-state index contributed by atoms with van der Waals surface area (Å²) in [6.07, 6.45) is 2.40. The third kappa shape index (κ3) is 4.64. The van der Waals surface area contributed by atoms with Crippen molar-refractivity contribution in [2.45, 2.75) is 26.2 Å². The number of hydrogen-bond acceptors (Lipinski definition) is 5. The first-order valence-electron chi connectivity index (χ1n) is 9.15. The second-order valence-corrected chi connectivity index (χ2v) is 6.60. The lowest BCUT2D eigenvalue weighted by Gasteiger charge is -2.32. The predicted molar refractivity (Wildman–Crippen MR) is 98.0 cm³/mol. The van der Waals surface area contributed by atoms with E-state index in [1.54, 1.807) is 7.11 Å². The summed E-state index contributed by atoms with van der Waals surface area (Å²) in [5.41, 5.74) is 1.53. The lowest BCUT2D eigenvalue weighted by molar-refractivity contribution is -0.132. The Bertz CT molecular complexity index is 728. The molecular formula is C20H26N2O4. The largest absolute Gasteiger partial charge is 0.497 e. The number of piperidine rings is 1. The Morgan fingerprint density at radius 1 is 1.38 bits per heavy atom. The summed E-state index contributed by atoms with van der Waals surface area (Å²) < 4.78 is 16.2. The minimum Gasteiger partial charge on any atom is -0.497 e. The smallest absolute Gasteiger partial charge is 0.228 e. The van der Waals surface area contributed by atoms with Gasteiger partial charge < -0.3 is 18.9 Å². The highest BCUT2D eigenvalue weighted by Gasteiger charge is 2.24. The van der Waals surface area contributed by atoms with Crippen molar-refractivity contribution in [3.8, 4) is 17.1 Å². The standard InChI is InChI=1S/C20H26N2O4/c1-3-25-14-15-6-5-9-22(13-15)20(23)12-17-11-19(26-21-17)16-7-4-8-18(10-16)24-2/h4,7-8,10-11,15H,3,5-6,9,12-14H2,1-2H3. The van der Waals surface area contributed by atoms with Crippen LogP contribution in [0.25, 0.3) is 11.3 Å². The van der Waals surface area contributed by atoms with Crippen LogP contribution in [-0.4, -0.2) is 49.4 Å². The number of rotatable bonds is 7. The number of ether oxygens (including phenoxy) is 2. The lowest BCUT2D eigenvalue weighted by Crippen LogP contribution is -2.42. The van der Waals surface area contributed by atoms with Crippen LogP contribution >= 0.6 is 0 Å². The molecular weight excluding hydrogens is 332 g/mol. The molecule has 3 rings (SSSR count). The van der Waals surface area contributed by atoms with E-state index in [1.165, 1.54) is 0 Å². The maximum atomic E-state index is 12.6. The molecule has 2 aromatic rings. The molecule has 1 aromatic heterocycles. The molecule has 0 aliphatic carbocycles. The van der Waals surface area contributed by atoms with E-state index in [9.17, 15) is 4.79 Å². The zero-order valence-corrected chi connectivity index (χ0v) is 15.4. The molecule has 0 spiro atoms. The van der Waals surface area contributed by atoms with Gasteiger partial charge in [-0.3, -0.25) is 4.79 Å². The van der Waals surface area contributed by atoms with Gasteiger partial charge in [-0.1, -0.05) is 17.3 Å². The Morgan fingerprint density at radius 3 is 3.08 bits per heavy atom. The van der Waals surface area contributed by atoms with Crippen molar-refractivity contribution in [3.63, 3.8) is 0 Å². The molecule has 0 radical (unpaired) electrons. The maximum absolute atomic E-state index is 12.6. The molecule has 2 heterocycles. The Balaban J connectivity index is 1.60. The summed E-state index contributed by atoms with van der Waals surface area (Å²) in [6.45, 7) is 5.01. The number of likely N-dealkylation sites (tertiary alicyclic amines) is 1. The van der Waals surface area contributed by atoms with Gasteiger partial charge in [0.25, 0.3) is 0 Å². The van der Waals surface area contributed by atoms with E-state index in [2.05, 4.69) is 5.16 Å². The third-order valence-electron chi connectivity index (χ3n) is 4.67. The van der Waals surface area contributed by atoms with E-state index in [1.807, 2.05) is 42.2 Å². The van der Waals surface area contributed by atoms with Crippen molar-refractivity contribution in [1.29, 1.82) is 0 Å². The van der Waals surface area contributed by atoms with E-state index in [0.717, 1.165) is 50.5 Å². The van der Waals surface area contributed by atoms with Crippen LogP contribution in [0.4, 0.5) is 0 Å². The molecule has 1 aliphatic rings. The molecule has 1 atom stereocenters. The average Bonchev–Trinajstić information content (AvgIpc) is 3.15. The summed E-state index contributed by atoms with van der Waals surface area (Å²) in [4.78, 5) is 14.5. The van der Waals surface area contributed by atoms with Gasteiger partial charge >= 0.3 is 0 Å². The molecule has 1 amide bonds. The number of carbonyl (C=O) groups is 1. The first-order chi connectivity index (χ1) is 12.7. The van der Waals surface area contributed by atoms with Crippen molar-refractivity contribution in [3.05, 3.63) is 36.0 Å². The van der Waals surface area contributed by atoms with Gasteiger partial charge in [-0.15, -0.1) is 0 Å². The molecule has 1 aliphatic heterocycles. The van der Waals surface area contributed by atoms with Crippen LogP contribution < -0.4 is 4.74 Å². The normalized spacial score (nSPS) is 17.3. The van der Waals surface area contributed by atoms with Gasteiger partial charge in [-0.2, -0.15) is 0 Å². The van der Waals surface area contributed by atoms with E-state index >= 15 is 0 Å². The highest BCUT2D eigenvalue weighted by atomic mass is 16.5. The van der Waals surface area contributed by atoms with Crippen molar-refractivity contribution in [2.24, 2.45) is 5.92 Å². The van der Waals surface area contributed by atoms with E-state index in [-0.39, 0.29) is 12.3 Å². The van der Waals surface area contributed by atoms with Crippen LogP contribution in [0.1, 0.15) is 25.5 Å². The topological polar surface area (TPSA) is 64.8 Å². The van der Waals surface area contributed by atoms with Gasteiger partial charge in [-0.25, -0.2) is 0 Å². The number of nitrogens with zero attached hydrogens (tertiary/aromatic N) is 2. The minimum absolute atomic E-state index is 0.0942. The fraction of sp³-hybridized carbons (Fsp3) is 0.500. The number of hydrogen-bond donors (Lipinski definition) is 0. The van der Waals surface area contributed by atoms with Gasteiger partial charge in [-0.05, 0) is 37.8 Å². The summed E-state index contributed by atoms with van der Waals surface area (Å²) in [6, 6.07) is 9.41. The molecule has 140 valence electrons. The molecule has 26 heavy (non-hydrogen) atoms. The molecule has 6 nitrogen and oxygen atoms in total. The van der Waals surface area contributed by atoms with E-state index < -0.39 is 0 Å². The molecule has 0 N–H and O–H groups in total. The van der Waals surface area contributed by atoms with Crippen LogP contribution in [0.2, 0.25) is 0 Å². The summed E-state index contributed by atoms with van der Waals surface area (Å²) in [7, 11) is 1.63. The second kappa shape index (κ2) is 8.85. The fourth-order valence-electron chi connectivity index (χ4n) is 3.29. The van der Waals surface area contributed by atoms with Gasteiger partial charge in [0.15, 0.2) is 5.76 Å². The highest BCUT2D eigenvalue weighted by Crippen LogP contribution is 2.25. The Labute approximate surface area is 154 Å². The molecule has 1 saturated heterocycles. The van der Waals surface area contributed by atoms with Crippen LogP contribution in [0.15, 0.2) is 34.9 Å². The van der Waals surface area contributed by atoms with Gasteiger partial charge in [0.1, 0.15) is 5.75 Å². The highest BCUT2D eigenvalue weighted by molar-refractivity contribution is 5.78. The van der Waals surface area contributed by atoms with Crippen molar-refractivity contribution in [1.82, 2.24) is 10.1 Å². The summed E-state index contributed by atoms with van der Waals surface area (Å²) >= 11 is 0. The van der Waals surface area contributed by atoms with E-state index in [0.29, 0.717) is 17.4 Å². The number of methoxy groups -OCH3 is 1. The van der Waals surface area contributed by atoms with Crippen LogP contribution in [0.3, 0.4) is 0 Å². The van der Waals surface area contributed by atoms with Crippen molar-refractivity contribution >= 4 is 5.91 Å². The van der Waals surface area contributed by atoms with Crippen molar-refractivity contribution in [2.75, 3.05) is 33.4 Å². The summed E-state index contributed by atoms with van der Waals surface area (Å²) in [5, 5.41) is 4.06. The van der Waals surface area contributed by atoms with Crippen LogP contribution in [-0.2, 0) is 16.0 Å². The number of amides is 1. The maximum Gasteiger partial charge on any atom is 0.228 e. The first kappa shape index (κ1) is 18.5. The molecule has 1 fully saturated rings. The number of aromatic nitrogens is 1. The fourth-order valence-corrected chi connectivity index (χ4v) is 3.29. The molecule has 1 unspecified atom stereocenters. The Kier molecular flexibility index (Phi) is 6.28. The van der Waals surface area contributed by atoms with Crippen molar-refractivity contribution < 1.29 is 18.8 Å². The van der Waals surface area contributed by atoms with Gasteiger partial charge in [0.2, 0.25) is 5.91 Å². The minimum atomic E-state index is 0.0942. The van der Waals surface area contributed by atoms with Crippen LogP contribution in [0.5, 0.6) is 5.75 Å². The van der Waals surface area contributed by atoms with Gasteiger partial charge in [0.05, 0.1) is 25.8 Å². The molecule has 6 heteroatoms. The number of carbonyl (C=O) groups excluding carboxylic acids is 1. The summed E-state index contributed by atoms with van der Waals surface area (Å²) in [5.74, 6) is 1.92. The zero-order valence-electron chi connectivity index (χ0n) is 15.4. The molecule has 1 aromatic carbocycles. The average molecular weight is 358 g/mol. The Hall–Kier alpha value is -2.34. The Morgan fingerprint density at radius 2 is 2.27 bits per heavy atom. The number of benzene rings is 1. The quantitative estimate of drug-likeness (QED) is 0.761. The second-order valence-electron chi connectivity index (χ2n) is 6.60. The lowest BCUT2D eigenvalue weighted by atomic mass is 9.98.